The Morgan fingerprint density at radius 3 is 2.39 bits per heavy atom. The van der Waals surface area contributed by atoms with Gasteiger partial charge < -0.3 is 15.1 Å². The van der Waals surface area contributed by atoms with Crippen molar-refractivity contribution in [3.63, 3.8) is 0 Å². The normalized spacial score (nSPS) is 10.6. The van der Waals surface area contributed by atoms with E-state index in [1.807, 2.05) is 19.1 Å². The molecule has 0 unspecified atom stereocenters. The summed E-state index contributed by atoms with van der Waals surface area (Å²) in [7, 11) is 0. The molecule has 7 nitrogen and oxygen atoms in total. The second-order valence-electron chi connectivity index (χ2n) is 6.89. The van der Waals surface area contributed by atoms with Gasteiger partial charge in [-0.25, -0.2) is 4.79 Å². The van der Waals surface area contributed by atoms with E-state index in [1.165, 1.54) is 12.1 Å². The molecule has 2 N–H and O–H groups in total. The van der Waals surface area contributed by atoms with Gasteiger partial charge in [0.2, 0.25) is 0 Å². The van der Waals surface area contributed by atoms with Gasteiger partial charge in [-0.2, -0.15) is 0 Å². The van der Waals surface area contributed by atoms with Crippen LogP contribution in [-0.2, 0) is 0 Å². The van der Waals surface area contributed by atoms with Crippen LogP contribution < -0.4 is 16.3 Å². The molecule has 1 heterocycles. The molecular formula is C23H17N3O4S. The van der Waals surface area contributed by atoms with E-state index in [1.54, 1.807) is 48.5 Å². The number of para-hydroxylation sites is 1. The van der Waals surface area contributed by atoms with Gasteiger partial charge in [0.05, 0.1) is 10.5 Å². The summed E-state index contributed by atoms with van der Waals surface area (Å²) in [5.41, 5.74) is 3.66. The zero-order valence-electron chi connectivity index (χ0n) is 16.4. The van der Waals surface area contributed by atoms with Crippen LogP contribution in [0.25, 0.3) is 22.1 Å². The molecule has 0 aliphatic rings. The summed E-state index contributed by atoms with van der Waals surface area (Å²) in [5.74, 6) is 0. The number of benzene rings is 3. The van der Waals surface area contributed by atoms with Gasteiger partial charge in [0, 0.05) is 35.0 Å². The van der Waals surface area contributed by atoms with E-state index >= 15 is 0 Å². The Hall–Kier alpha value is -4.04. The van der Waals surface area contributed by atoms with Crippen molar-refractivity contribution in [2.45, 2.75) is 6.92 Å². The zero-order chi connectivity index (χ0) is 22.0. The molecule has 1 aromatic heterocycles. The lowest BCUT2D eigenvalue weighted by atomic mass is 10.0. The van der Waals surface area contributed by atoms with E-state index in [-0.39, 0.29) is 5.69 Å². The van der Waals surface area contributed by atoms with Gasteiger partial charge in [-0.05, 0) is 60.6 Å². The number of nitro groups is 1. The number of rotatable bonds is 4. The topological polar surface area (TPSA) is 97.4 Å². The lowest BCUT2D eigenvalue weighted by Gasteiger charge is -2.12. The van der Waals surface area contributed by atoms with E-state index in [0.717, 1.165) is 22.2 Å². The van der Waals surface area contributed by atoms with Crippen molar-refractivity contribution in [1.82, 2.24) is 0 Å². The number of nitrogens with zero attached hydrogens (tertiary/aromatic N) is 1. The zero-order valence-corrected chi connectivity index (χ0v) is 17.2. The van der Waals surface area contributed by atoms with Gasteiger partial charge >= 0.3 is 5.63 Å². The minimum Gasteiger partial charge on any atom is -0.423 e. The summed E-state index contributed by atoms with van der Waals surface area (Å²) in [6.07, 6.45) is 0. The fourth-order valence-corrected chi connectivity index (χ4v) is 3.54. The van der Waals surface area contributed by atoms with Crippen LogP contribution >= 0.6 is 12.2 Å². The minimum absolute atomic E-state index is 0.0542. The third kappa shape index (κ3) is 4.44. The summed E-state index contributed by atoms with van der Waals surface area (Å²) in [6.45, 7) is 1.85. The highest BCUT2D eigenvalue weighted by molar-refractivity contribution is 7.80. The van der Waals surface area contributed by atoms with Gasteiger partial charge in [0.15, 0.2) is 5.11 Å². The molecule has 0 atom stereocenters. The van der Waals surface area contributed by atoms with Crippen LogP contribution in [0.4, 0.5) is 17.1 Å². The van der Waals surface area contributed by atoms with Crippen LogP contribution in [0.3, 0.4) is 0 Å². The average Bonchev–Trinajstić information content (AvgIpc) is 2.74. The molecule has 154 valence electrons. The second-order valence-corrected chi connectivity index (χ2v) is 7.30. The molecule has 8 heteroatoms. The predicted octanol–water partition coefficient (Wildman–Crippen LogP) is 5.49. The minimum atomic E-state index is -0.401. The van der Waals surface area contributed by atoms with Crippen molar-refractivity contribution in [2.24, 2.45) is 0 Å². The van der Waals surface area contributed by atoms with Crippen molar-refractivity contribution >= 4 is 45.4 Å². The van der Waals surface area contributed by atoms with Crippen molar-refractivity contribution < 1.29 is 9.34 Å². The van der Waals surface area contributed by atoms with Gasteiger partial charge in [0.25, 0.3) is 5.69 Å². The number of fused-ring (bicyclic) bond motifs is 1. The smallest absolute Gasteiger partial charge is 0.336 e. The maximum absolute atomic E-state index is 11.6. The molecule has 0 radical (unpaired) electrons. The highest BCUT2D eigenvalue weighted by atomic mass is 32.1. The Bertz CT molecular complexity index is 1360. The fraction of sp³-hybridized carbons (Fsp3) is 0.0435. The van der Waals surface area contributed by atoms with Gasteiger partial charge in [-0.1, -0.05) is 24.3 Å². The third-order valence-corrected chi connectivity index (χ3v) is 4.97. The molecular weight excluding hydrogens is 414 g/mol. The first-order valence-electron chi connectivity index (χ1n) is 9.37. The number of aryl methyl sites for hydroxylation is 1. The fourth-order valence-electron chi connectivity index (χ4n) is 3.31. The first kappa shape index (κ1) is 20.2. The third-order valence-electron chi connectivity index (χ3n) is 4.76. The molecule has 0 aliphatic carbocycles. The first-order chi connectivity index (χ1) is 14.9. The quantitative estimate of drug-likeness (QED) is 0.191. The van der Waals surface area contributed by atoms with Gasteiger partial charge in [-0.3, -0.25) is 10.1 Å². The predicted molar refractivity (Wildman–Crippen MR) is 126 cm³/mol. The maximum Gasteiger partial charge on any atom is 0.336 e. The lowest BCUT2D eigenvalue weighted by molar-refractivity contribution is -0.384. The summed E-state index contributed by atoms with van der Waals surface area (Å²) >= 11 is 5.37. The van der Waals surface area contributed by atoms with Crippen LogP contribution in [0.15, 0.2) is 82.0 Å². The number of hydrogen-bond donors (Lipinski definition) is 2. The SMILES string of the molecule is Cc1cc(=O)oc2cc(NC(=S)Nc3ccc(-c4ccccc4[N+](=O)[O-])cc3)ccc12. The van der Waals surface area contributed by atoms with Crippen molar-refractivity contribution in [1.29, 1.82) is 0 Å². The number of hydrogen-bond acceptors (Lipinski definition) is 5. The van der Waals surface area contributed by atoms with E-state index < -0.39 is 10.5 Å². The molecule has 0 bridgehead atoms. The molecule has 0 spiro atoms. The van der Waals surface area contributed by atoms with Crippen LogP contribution in [0.5, 0.6) is 0 Å². The molecule has 31 heavy (non-hydrogen) atoms. The maximum atomic E-state index is 11.6. The summed E-state index contributed by atoms with van der Waals surface area (Å²) < 4.78 is 5.26. The largest absolute Gasteiger partial charge is 0.423 e. The Morgan fingerprint density at radius 2 is 1.65 bits per heavy atom. The van der Waals surface area contributed by atoms with Crippen molar-refractivity contribution in [3.05, 3.63) is 98.9 Å². The van der Waals surface area contributed by atoms with E-state index in [4.69, 9.17) is 16.6 Å². The first-order valence-corrected chi connectivity index (χ1v) is 9.78. The van der Waals surface area contributed by atoms with Crippen molar-refractivity contribution in [3.8, 4) is 11.1 Å². The second kappa shape index (κ2) is 8.37. The van der Waals surface area contributed by atoms with Crippen LogP contribution in [0, 0.1) is 17.0 Å². The van der Waals surface area contributed by atoms with Crippen LogP contribution in [-0.4, -0.2) is 10.0 Å². The monoisotopic (exact) mass is 431 g/mol. The summed E-state index contributed by atoms with van der Waals surface area (Å²) in [6, 6.07) is 20.7. The number of thiocarbonyl (C=S) groups is 1. The van der Waals surface area contributed by atoms with Crippen LogP contribution in [0.1, 0.15) is 5.56 Å². The van der Waals surface area contributed by atoms with Gasteiger partial charge in [0.1, 0.15) is 5.58 Å². The van der Waals surface area contributed by atoms with E-state index in [0.29, 0.717) is 21.9 Å². The molecule has 0 aliphatic heterocycles. The Kier molecular flexibility index (Phi) is 5.46. The van der Waals surface area contributed by atoms with Crippen LogP contribution in [0.2, 0.25) is 0 Å². The molecule has 3 aromatic carbocycles. The number of anilines is 2. The van der Waals surface area contributed by atoms with Gasteiger partial charge in [-0.15, -0.1) is 0 Å². The van der Waals surface area contributed by atoms with Crippen molar-refractivity contribution in [2.75, 3.05) is 10.6 Å². The molecule has 0 saturated heterocycles. The molecule has 0 saturated carbocycles. The molecule has 4 rings (SSSR count). The number of nitro benzene ring substituents is 1. The number of nitrogens with one attached hydrogen (secondary N) is 2. The summed E-state index contributed by atoms with van der Waals surface area (Å²) in [5, 5.41) is 18.6. The highest BCUT2D eigenvalue weighted by Crippen LogP contribution is 2.30. The van der Waals surface area contributed by atoms with E-state index in [2.05, 4.69) is 10.6 Å². The lowest BCUT2D eigenvalue weighted by Crippen LogP contribution is -2.19. The summed E-state index contributed by atoms with van der Waals surface area (Å²) in [4.78, 5) is 22.5. The molecule has 0 fully saturated rings. The Morgan fingerprint density at radius 1 is 0.968 bits per heavy atom. The Balaban J connectivity index is 1.49. The van der Waals surface area contributed by atoms with E-state index in [9.17, 15) is 14.9 Å². The molecule has 4 aromatic rings. The highest BCUT2D eigenvalue weighted by Gasteiger charge is 2.14. The average molecular weight is 431 g/mol. The Labute approximate surface area is 182 Å². The standard InChI is InChI=1S/C23H17N3O4S/c1-14-12-22(27)30-21-13-17(10-11-18(14)21)25-23(31)24-16-8-6-15(7-9-16)19-4-2-3-5-20(19)26(28)29/h2-13H,1H3,(H2,24,25,31). The molecule has 0 amide bonds.